The molecule has 2 bridgehead atoms. The second-order valence-corrected chi connectivity index (χ2v) is 7.55. The van der Waals surface area contributed by atoms with Crippen molar-refractivity contribution in [2.45, 2.75) is 63.0 Å². The van der Waals surface area contributed by atoms with Crippen molar-refractivity contribution < 1.29 is 9.90 Å². The summed E-state index contributed by atoms with van der Waals surface area (Å²) in [4.78, 5) is 15.1. The Morgan fingerprint density at radius 3 is 2.95 bits per heavy atom. The lowest BCUT2D eigenvalue weighted by molar-refractivity contribution is -0.249. The molecule has 0 radical (unpaired) electrons. The van der Waals surface area contributed by atoms with E-state index in [-0.39, 0.29) is 17.4 Å². The monoisotopic (exact) mass is 263 g/mol. The molecule has 5 atom stereocenters. The van der Waals surface area contributed by atoms with Crippen LogP contribution < -0.4 is 0 Å². The number of rotatable bonds is 0. The van der Waals surface area contributed by atoms with Crippen molar-refractivity contribution in [3.8, 4) is 0 Å². The third-order valence-electron chi connectivity index (χ3n) is 6.66. The van der Waals surface area contributed by atoms with Crippen LogP contribution in [-0.2, 0) is 4.79 Å². The number of aliphatic hydroxyl groups is 1. The molecule has 3 heteroatoms. The van der Waals surface area contributed by atoms with E-state index in [1.165, 1.54) is 0 Å². The first-order valence-corrected chi connectivity index (χ1v) is 8.08. The molecule has 4 rings (SSSR count). The minimum Gasteiger partial charge on any atom is -0.388 e. The Kier molecular flexibility index (Phi) is 2.48. The second-order valence-electron chi connectivity index (χ2n) is 7.55. The highest BCUT2D eigenvalue weighted by Crippen LogP contribution is 2.61. The van der Waals surface area contributed by atoms with Gasteiger partial charge in [-0.15, -0.1) is 0 Å². The first-order chi connectivity index (χ1) is 9.08. The highest BCUT2D eigenvalue weighted by molar-refractivity contribution is 5.85. The Hall–Kier alpha value is -0.410. The molecule has 1 N–H and O–H groups in total. The Morgan fingerprint density at radius 1 is 1.32 bits per heavy atom. The molecule has 4 aliphatic rings. The summed E-state index contributed by atoms with van der Waals surface area (Å²) in [6, 6.07) is 0. The molecule has 2 saturated heterocycles. The Balaban J connectivity index is 1.89. The minimum absolute atomic E-state index is 0.116. The molecule has 0 aromatic rings. The number of ketones is 1. The van der Waals surface area contributed by atoms with Gasteiger partial charge in [-0.2, -0.15) is 0 Å². The summed E-state index contributed by atoms with van der Waals surface area (Å²) in [5, 5.41) is 11.5. The number of Topliss-reactive ketones (excluding diaryl/α,β-unsaturated/α-hetero) is 1. The SMILES string of the molecule is C[C@@H]1C[C@H]2CC(=O)[C@@H]3CCCN4CCC[C@@]2(O)[C@]34C1. The van der Waals surface area contributed by atoms with Gasteiger partial charge in [0.05, 0.1) is 11.1 Å². The lowest BCUT2D eigenvalue weighted by Crippen LogP contribution is -2.79. The van der Waals surface area contributed by atoms with Gasteiger partial charge in [-0.05, 0) is 63.5 Å². The summed E-state index contributed by atoms with van der Waals surface area (Å²) in [5.41, 5.74) is -0.766. The molecular formula is C16H25NO2. The van der Waals surface area contributed by atoms with Gasteiger partial charge in [0.2, 0.25) is 0 Å². The van der Waals surface area contributed by atoms with Crippen LogP contribution in [0, 0.1) is 17.8 Å². The molecule has 2 saturated carbocycles. The molecule has 2 aliphatic carbocycles. The molecule has 0 aromatic heterocycles. The van der Waals surface area contributed by atoms with E-state index in [0.29, 0.717) is 18.1 Å². The number of carbonyl (C=O) groups is 1. The minimum atomic E-state index is -0.573. The van der Waals surface area contributed by atoms with Crippen molar-refractivity contribution in [3.05, 3.63) is 0 Å². The fourth-order valence-corrected chi connectivity index (χ4v) is 6.15. The zero-order valence-corrected chi connectivity index (χ0v) is 11.9. The van der Waals surface area contributed by atoms with Gasteiger partial charge in [0, 0.05) is 12.3 Å². The zero-order chi connectivity index (χ0) is 13.3. The van der Waals surface area contributed by atoms with Crippen molar-refractivity contribution in [1.82, 2.24) is 4.90 Å². The van der Waals surface area contributed by atoms with E-state index < -0.39 is 5.60 Å². The molecule has 0 amide bonds. The molecule has 2 heterocycles. The van der Waals surface area contributed by atoms with Gasteiger partial charge in [-0.3, -0.25) is 9.69 Å². The number of nitrogens with zero attached hydrogens (tertiary/aromatic N) is 1. The largest absolute Gasteiger partial charge is 0.388 e. The van der Waals surface area contributed by atoms with Crippen LogP contribution in [0.5, 0.6) is 0 Å². The number of hydrogen-bond acceptors (Lipinski definition) is 3. The van der Waals surface area contributed by atoms with Crippen molar-refractivity contribution in [3.63, 3.8) is 0 Å². The molecule has 0 aromatic carbocycles. The molecule has 0 unspecified atom stereocenters. The first-order valence-electron chi connectivity index (χ1n) is 8.08. The highest BCUT2D eigenvalue weighted by Gasteiger charge is 2.69. The maximum atomic E-state index is 12.6. The third-order valence-corrected chi connectivity index (χ3v) is 6.66. The molecule has 2 aliphatic heterocycles. The van der Waals surface area contributed by atoms with E-state index in [1.54, 1.807) is 0 Å². The van der Waals surface area contributed by atoms with Crippen LogP contribution in [0.25, 0.3) is 0 Å². The number of hydrogen-bond donors (Lipinski definition) is 1. The van der Waals surface area contributed by atoms with Gasteiger partial charge in [-0.25, -0.2) is 0 Å². The normalized spacial score (nSPS) is 53.8. The summed E-state index contributed by atoms with van der Waals surface area (Å²) in [7, 11) is 0. The van der Waals surface area contributed by atoms with E-state index in [1.807, 2.05) is 0 Å². The predicted octanol–water partition coefficient (Wildman–Crippen LogP) is 1.98. The number of piperidine rings is 2. The molecule has 1 spiro atoms. The zero-order valence-electron chi connectivity index (χ0n) is 11.9. The van der Waals surface area contributed by atoms with Crippen molar-refractivity contribution >= 4 is 5.78 Å². The van der Waals surface area contributed by atoms with Gasteiger partial charge in [0.15, 0.2) is 0 Å². The fraction of sp³-hybridized carbons (Fsp3) is 0.938. The predicted molar refractivity (Wildman–Crippen MR) is 72.7 cm³/mol. The van der Waals surface area contributed by atoms with E-state index in [9.17, 15) is 9.90 Å². The quantitative estimate of drug-likeness (QED) is 0.726. The van der Waals surface area contributed by atoms with Crippen LogP contribution in [-0.4, -0.2) is 40.0 Å². The topological polar surface area (TPSA) is 40.5 Å². The van der Waals surface area contributed by atoms with E-state index in [2.05, 4.69) is 11.8 Å². The first kappa shape index (κ1) is 12.3. The van der Waals surface area contributed by atoms with Gasteiger partial charge >= 0.3 is 0 Å². The van der Waals surface area contributed by atoms with Crippen LogP contribution in [0.2, 0.25) is 0 Å². The van der Waals surface area contributed by atoms with E-state index in [0.717, 1.165) is 51.6 Å². The molecule has 19 heavy (non-hydrogen) atoms. The third kappa shape index (κ3) is 1.33. The van der Waals surface area contributed by atoms with Crippen molar-refractivity contribution in [2.75, 3.05) is 13.1 Å². The lowest BCUT2D eigenvalue weighted by Gasteiger charge is -2.69. The smallest absolute Gasteiger partial charge is 0.138 e. The molecule has 106 valence electrons. The van der Waals surface area contributed by atoms with Crippen LogP contribution in [0.15, 0.2) is 0 Å². The maximum Gasteiger partial charge on any atom is 0.138 e. The second kappa shape index (κ2) is 3.82. The molecule has 3 nitrogen and oxygen atoms in total. The van der Waals surface area contributed by atoms with Gasteiger partial charge in [0.1, 0.15) is 5.78 Å². The van der Waals surface area contributed by atoms with E-state index >= 15 is 0 Å². The molecular weight excluding hydrogens is 238 g/mol. The Morgan fingerprint density at radius 2 is 2.11 bits per heavy atom. The van der Waals surface area contributed by atoms with Crippen LogP contribution >= 0.6 is 0 Å². The van der Waals surface area contributed by atoms with E-state index in [4.69, 9.17) is 0 Å². The Bertz CT molecular complexity index is 421. The van der Waals surface area contributed by atoms with Crippen molar-refractivity contribution in [1.29, 1.82) is 0 Å². The van der Waals surface area contributed by atoms with Crippen LogP contribution in [0.1, 0.15) is 51.9 Å². The summed E-state index contributed by atoms with van der Waals surface area (Å²) in [5.74, 6) is 1.44. The summed E-state index contributed by atoms with van der Waals surface area (Å²) < 4.78 is 0. The maximum absolute atomic E-state index is 12.6. The lowest BCUT2D eigenvalue weighted by atomic mass is 9.46. The summed E-state index contributed by atoms with van der Waals surface area (Å²) in [6.07, 6.45) is 6.89. The number of carbonyl (C=O) groups excluding carboxylic acids is 1. The van der Waals surface area contributed by atoms with Gasteiger partial charge in [0.25, 0.3) is 0 Å². The van der Waals surface area contributed by atoms with Crippen LogP contribution in [0.3, 0.4) is 0 Å². The summed E-state index contributed by atoms with van der Waals surface area (Å²) in [6.45, 7) is 4.49. The van der Waals surface area contributed by atoms with Crippen molar-refractivity contribution in [2.24, 2.45) is 17.8 Å². The average Bonchev–Trinajstić information content (AvgIpc) is 2.35. The average molecular weight is 263 g/mol. The summed E-state index contributed by atoms with van der Waals surface area (Å²) >= 11 is 0. The molecule has 4 fully saturated rings. The standard InChI is InChI=1S/C16H25NO2/c1-11-8-12-9-14(18)13-4-2-6-17-7-3-5-16(12,19)15(13,17)10-11/h11-13,19H,2-10H2,1H3/t11-,12+,13+,15+,16+/m1/s1. The fourth-order valence-electron chi connectivity index (χ4n) is 6.15. The van der Waals surface area contributed by atoms with Gasteiger partial charge in [-0.1, -0.05) is 6.92 Å². The van der Waals surface area contributed by atoms with Crippen LogP contribution in [0.4, 0.5) is 0 Å². The highest BCUT2D eigenvalue weighted by atomic mass is 16.3. The van der Waals surface area contributed by atoms with Gasteiger partial charge < -0.3 is 5.11 Å². The Labute approximate surface area is 115 Å².